The van der Waals surface area contributed by atoms with Crippen LogP contribution in [0.2, 0.25) is 0 Å². The Kier molecular flexibility index (Phi) is 5.15. The van der Waals surface area contributed by atoms with Crippen LogP contribution in [0.1, 0.15) is 51.5 Å². The summed E-state index contributed by atoms with van der Waals surface area (Å²) in [7, 11) is 0. The highest BCUT2D eigenvalue weighted by atomic mass is 16.1. The minimum atomic E-state index is 0.182. The molecule has 1 unspecified atom stereocenters. The molecule has 0 aliphatic carbocycles. The van der Waals surface area contributed by atoms with Crippen molar-refractivity contribution in [2.45, 2.75) is 64.6 Å². The van der Waals surface area contributed by atoms with Gasteiger partial charge in [0.25, 0.3) is 0 Å². The van der Waals surface area contributed by atoms with Crippen LogP contribution in [0.25, 0.3) is 0 Å². The molecule has 1 aromatic rings. The first-order chi connectivity index (χ1) is 9.24. The number of hydrogen-bond donors (Lipinski definition) is 0. The van der Waals surface area contributed by atoms with E-state index in [0.29, 0.717) is 11.8 Å². The number of rotatable bonds is 8. The quantitative estimate of drug-likeness (QED) is 0.523. The van der Waals surface area contributed by atoms with Crippen LogP contribution < -0.4 is 0 Å². The SMILES string of the molecule is CCCCCCC(=O)[C@H]1[C@@H](C)N1Cc1ccccc1. The van der Waals surface area contributed by atoms with E-state index in [4.69, 9.17) is 0 Å². The third-order valence-corrected chi connectivity index (χ3v) is 4.06. The zero-order valence-electron chi connectivity index (χ0n) is 12.1. The summed E-state index contributed by atoms with van der Waals surface area (Å²) in [6.07, 6.45) is 5.51. The molecule has 0 radical (unpaired) electrons. The molecule has 1 heterocycles. The Balaban J connectivity index is 1.75. The van der Waals surface area contributed by atoms with Gasteiger partial charge in [-0.3, -0.25) is 9.69 Å². The van der Waals surface area contributed by atoms with Gasteiger partial charge in [-0.15, -0.1) is 0 Å². The second kappa shape index (κ2) is 6.85. The van der Waals surface area contributed by atoms with Crippen LogP contribution in [0, 0.1) is 0 Å². The number of carbonyl (C=O) groups excluding carboxylic acids is 1. The summed E-state index contributed by atoms with van der Waals surface area (Å²) in [5.74, 6) is 0.444. The van der Waals surface area contributed by atoms with Crippen molar-refractivity contribution in [1.82, 2.24) is 4.90 Å². The van der Waals surface area contributed by atoms with E-state index < -0.39 is 0 Å². The first-order valence-electron chi connectivity index (χ1n) is 7.56. The minimum absolute atomic E-state index is 0.182. The number of carbonyl (C=O) groups is 1. The molecule has 104 valence electrons. The predicted octanol–water partition coefficient (Wildman–Crippen LogP) is 3.80. The van der Waals surface area contributed by atoms with Crippen LogP contribution in [-0.4, -0.2) is 22.8 Å². The van der Waals surface area contributed by atoms with Crippen molar-refractivity contribution in [3.05, 3.63) is 35.9 Å². The Hall–Kier alpha value is -1.15. The summed E-state index contributed by atoms with van der Waals surface area (Å²) in [4.78, 5) is 14.4. The first-order valence-corrected chi connectivity index (χ1v) is 7.56. The lowest BCUT2D eigenvalue weighted by molar-refractivity contribution is -0.119. The summed E-state index contributed by atoms with van der Waals surface area (Å²) in [6.45, 7) is 5.28. The van der Waals surface area contributed by atoms with Crippen molar-refractivity contribution in [2.24, 2.45) is 0 Å². The molecule has 2 nitrogen and oxygen atoms in total. The van der Waals surface area contributed by atoms with Crippen molar-refractivity contribution in [1.29, 1.82) is 0 Å². The molecule has 2 heteroatoms. The van der Waals surface area contributed by atoms with E-state index in [9.17, 15) is 4.79 Å². The van der Waals surface area contributed by atoms with Gasteiger partial charge in [0.2, 0.25) is 0 Å². The lowest BCUT2D eigenvalue weighted by Gasteiger charge is -2.04. The van der Waals surface area contributed by atoms with Crippen molar-refractivity contribution in [2.75, 3.05) is 0 Å². The zero-order chi connectivity index (χ0) is 13.7. The number of ketones is 1. The first kappa shape index (κ1) is 14.3. The lowest BCUT2D eigenvalue weighted by Crippen LogP contribution is -2.13. The predicted molar refractivity (Wildman–Crippen MR) is 79.0 cm³/mol. The number of Topliss-reactive ketones (excluding diaryl/α,β-unsaturated/α-hetero) is 1. The summed E-state index contributed by atoms with van der Waals surface area (Å²) in [5.41, 5.74) is 1.30. The van der Waals surface area contributed by atoms with E-state index in [-0.39, 0.29) is 6.04 Å². The van der Waals surface area contributed by atoms with Crippen LogP contribution >= 0.6 is 0 Å². The Bertz CT molecular complexity index is 401. The molecule has 3 atom stereocenters. The number of unbranched alkanes of at least 4 members (excludes halogenated alkanes) is 3. The van der Waals surface area contributed by atoms with Crippen LogP contribution in [0.3, 0.4) is 0 Å². The molecule has 0 N–H and O–H groups in total. The van der Waals surface area contributed by atoms with Crippen LogP contribution in [-0.2, 0) is 11.3 Å². The summed E-state index contributed by atoms with van der Waals surface area (Å²) < 4.78 is 0. The third kappa shape index (κ3) is 3.90. The molecule has 0 amide bonds. The monoisotopic (exact) mass is 259 g/mol. The van der Waals surface area contributed by atoms with Crippen LogP contribution in [0.4, 0.5) is 0 Å². The molecule has 1 aromatic carbocycles. The van der Waals surface area contributed by atoms with Gasteiger partial charge in [-0.05, 0) is 18.9 Å². The highest BCUT2D eigenvalue weighted by Crippen LogP contribution is 2.32. The second-order valence-electron chi connectivity index (χ2n) is 5.62. The average molecular weight is 259 g/mol. The van der Waals surface area contributed by atoms with Gasteiger partial charge in [-0.25, -0.2) is 0 Å². The maximum absolute atomic E-state index is 12.1. The maximum atomic E-state index is 12.1. The zero-order valence-corrected chi connectivity index (χ0v) is 12.1. The van der Waals surface area contributed by atoms with E-state index in [1.807, 2.05) is 6.07 Å². The fourth-order valence-corrected chi connectivity index (χ4v) is 2.77. The highest BCUT2D eigenvalue weighted by molar-refractivity contribution is 5.87. The minimum Gasteiger partial charge on any atom is -0.298 e. The average Bonchev–Trinajstić information content (AvgIpc) is 3.06. The van der Waals surface area contributed by atoms with Crippen LogP contribution in [0.5, 0.6) is 0 Å². The summed E-state index contributed by atoms with van der Waals surface area (Å²) >= 11 is 0. The fraction of sp³-hybridized carbons (Fsp3) is 0.588. The Morgan fingerprint density at radius 1 is 1.16 bits per heavy atom. The molecular weight excluding hydrogens is 234 g/mol. The largest absolute Gasteiger partial charge is 0.298 e. The number of hydrogen-bond acceptors (Lipinski definition) is 2. The van der Waals surface area contributed by atoms with Crippen LogP contribution in [0.15, 0.2) is 30.3 Å². The van der Waals surface area contributed by atoms with E-state index >= 15 is 0 Å². The Morgan fingerprint density at radius 2 is 1.89 bits per heavy atom. The van der Waals surface area contributed by atoms with E-state index in [1.54, 1.807) is 0 Å². The highest BCUT2D eigenvalue weighted by Gasteiger charge is 2.47. The van der Waals surface area contributed by atoms with E-state index in [1.165, 1.54) is 24.8 Å². The molecule has 1 saturated heterocycles. The molecule has 1 aliphatic rings. The topological polar surface area (TPSA) is 20.1 Å². The molecule has 1 fully saturated rings. The normalized spacial score (nSPS) is 25.3. The Morgan fingerprint density at radius 3 is 2.58 bits per heavy atom. The number of benzene rings is 1. The van der Waals surface area contributed by atoms with Gasteiger partial charge in [0.15, 0.2) is 5.78 Å². The van der Waals surface area contributed by atoms with E-state index in [0.717, 1.165) is 19.4 Å². The molecule has 1 aliphatic heterocycles. The van der Waals surface area contributed by atoms with Gasteiger partial charge in [-0.1, -0.05) is 56.5 Å². The summed E-state index contributed by atoms with van der Waals surface area (Å²) in [6, 6.07) is 11.0. The van der Waals surface area contributed by atoms with E-state index in [2.05, 4.69) is 43.0 Å². The smallest absolute Gasteiger partial charge is 0.151 e. The van der Waals surface area contributed by atoms with Gasteiger partial charge in [0, 0.05) is 19.0 Å². The fourth-order valence-electron chi connectivity index (χ4n) is 2.77. The summed E-state index contributed by atoms with van der Waals surface area (Å²) in [5, 5.41) is 0. The van der Waals surface area contributed by atoms with Gasteiger partial charge >= 0.3 is 0 Å². The van der Waals surface area contributed by atoms with Crippen molar-refractivity contribution >= 4 is 5.78 Å². The molecule has 0 bridgehead atoms. The standard InChI is InChI=1S/C17H25NO/c1-3-4-5-9-12-16(19)17-14(2)18(17)13-15-10-7-6-8-11-15/h6-8,10-11,14,17H,3-5,9,12-13H2,1-2H3/t14-,17-,18?/m1/s1. The molecule has 19 heavy (non-hydrogen) atoms. The number of nitrogens with zero attached hydrogens (tertiary/aromatic N) is 1. The lowest BCUT2D eigenvalue weighted by atomic mass is 10.1. The van der Waals surface area contributed by atoms with Crippen molar-refractivity contribution in [3.63, 3.8) is 0 Å². The molecule has 0 saturated carbocycles. The molecular formula is C17H25NO. The molecule has 2 rings (SSSR count). The molecule has 0 spiro atoms. The van der Waals surface area contributed by atoms with Gasteiger partial charge in [0.05, 0.1) is 6.04 Å². The van der Waals surface area contributed by atoms with Gasteiger partial charge < -0.3 is 0 Å². The van der Waals surface area contributed by atoms with Gasteiger partial charge in [-0.2, -0.15) is 0 Å². The maximum Gasteiger partial charge on any atom is 0.151 e. The molecule has 0 aromatic heterocycles. The third-order valence-electron chi connectivity index (χ3n) is 4.06. The van der Waals surface area contributed by atoms with Crippen molar-refractivity contribution in [3.8, 4) is 0 Å². The van der Waals surface area contributed by atoms with Gasteiger partial charge in [0.1, 0.15) is 0 Å². The second-order valence-corrected chi connectivity index (χ2v) is 5.62. The Labute approximate surface area is 116 Å². The van der Waals surface area contributed by atoms with Crippen molar-refractivity contribution < 1.29 is 4.79 Å².